The van der Waals surface area contributed by atoms with Crippen molar-refractivity contribution in [3.05, 3.63) is 63.2 Å². The third-order valence-electron chi connectivity index (χ3n) is 5.06. The monoisotopic (exact) mass is 447 g/mol. The van der Waals surface area contributed by atoms with Gasteiger partial charge in [0.15, 0.2) is 0 Å². The summed E-state index contributed by atoms with van der Waals surface area (Å²) in [5, 5.41) is 4.55. The van der Waals surface area contributed by atoms with Gasteiger partial charge in [-0.1, -0.05) is 11.6 Å². The standard InChI is InChI=1S/C20H22ClN5O3S/c1-12(17-10-13-9-14(21)3-6-18(13)25-19(17)27)23-20-22-8-7-15(24-20)11-26(16-4-5-16)30(2,28)29/h3,6-10,12,16H,4-5,11H2,1-2H3,(H,25,27)(H,22,23,24)/t12-/m0/s1. The zero-order valence-electron chi connectivity index (χ0n) is 16.6. The Morgan fingerprint density at radius 2 is 2.07 bits per heavy atom. The van der Waals surface area contributed by atoms with Crippen LogP contribution < -0.4 is 10.9 Å². The molecule has 0 unspecified atom stereocenters. The second kappa shape index (κ2) is 7.98. The molecule has 0 saturated heterocycles. The molecule has 1 aliphatic carbocycles. The normalized spacial score (nSPS) is 15.5. The van der Waals surface area contributed by atoms with Gasteiger partial charge in [0.1, 0.15) is 0 Å². The Balaban J connectivity index is 1.56. The molecule has 3 aromatic rings. The van der Waals surface area contributed by atoms with Gasteiger partial charge in [-0.15, -0.1) is 0 Å². The van der Waals surface area contributed by atoms with E-state index in [2.05, 4.69) is 20.3 Å². The largest absolute Gasteiger partial charge is 0.347 e. The Morgan fingerprint density at radius 1 is 1.30 bits per heavy atom. The minimum absolute atomic E-state index is 0.0493. The predicted octanol–water partition coefficient (Wildman–Crippen LogP) is 3.07. The lowest BCUT2D eigenvalue weighted by Crippen LogP contribution is -2.32. The number of sulfonamides is 1. The molecule has 0 amide bonds. The number of benzene rings is 1. The molecular weight excluding hydrogens is 426 g/mol. The van der Waals surface area contributed by atoms with Crippen molar-refractivity contribution in [1.29, 1.82) is 0 Å². The molecule has 0 bridgehead atoms. The van der Waals surface area contributed by atoms with Crippen LogP contribution in [0.1, 0.15) is 37.1 Å². The number of fused-ring (bicyclic) bond motifs is 1. The Bertz CT molecular complexity index is 1260. The van der Waals surface area contributed by atoms with Crippen molar-refractivity contribution in [3.8, 4) is 0 Å². The van der Waals surface area contributed by atoms with E-state index in [9.17, 15) is 13.2 Å². The quantitative estimate of drug-likeness (QED) is 0.576. The average molecular weight is 448 g/mol. The number of rotatable bonds is 7. The fraction of sp³-hybridized carbons (Fsp3) is 0.350. The molecule has 2 aromatic heterocycles. The van der Waals surface area contributed by atoms with Crippen LogP contribution in [0.5, 0.6) is 0 Å². The van der Waals surface area contributed by atoms with Crippen LogP contribution in [-0.2, 0) is 16.6 Å². The van der Waals surface area contributed by atoms with Gasteiger partial charge in [0, 0.05) is 33.7 Å². The maximum absolute atomic E-state index is 12.5. The summed E-state index contributed by atoms with van der Waals surface area (Å²) in [6.45, 7) is 2.04. The first-order chi connectivity index (χ1) is 14.2. The summed E-state index contributed by atoms with van der Waals surface area (Å²) in [7, 11) is -3.31. The number of nitrogens with zero attached hydrogens (tertiary/aromatic N) is 3. The van der Waals surface area contributed by atoms with Gasteiger partial charge in [-0.05, 0) is 50.1 Å². The summed E-state index contributed by atoms with van der Waals surface area (Å²) >= 11 is 6.06. The number of H-pyrrole nitrogens is 1. The summed E-state index contributed by atoms with van der Waals surface area (Å²) < 4.78 is 25.6. The van der Waals surface area contributed by atoms with E-state index >= 15 is 0 Å². The minimum Gasteiger partial charge on any atom is -0.347 e. The van der Waals surface area contributed by atoms with E-state index in [-0.39, 0.29) is 24.2 Å². The van der Waals surface area contributed by atoms with Crippen LogP contribution in [-0.4, -0.2) is 40.0 Å². The molecular formula is C20H22ClN5O3S. The van der Waals surface area contributed by atoms with Crippen LogP contribution in [0.2, 0.25) is 5.02 Å². The third-order valence-corrected chi connectivity index (χ3v) is 6.57. The molecule has 2 heterocycles. The van der Waals surface area contributed by atoms with Crippen LogP contribution in [0.15, 0.2) is 41.3 Å². The summed E-state index contributed by atoms with van der Waals surface area (Å²) in [5.74, 6) is 0.329. The van der Waals surface area contributed by atoms with Crippen molar-refractivity contribution in [2.45, 2.75) is 38.4 Å². The Hall–Kier alpha value is -2.49. The van der Waals surface area contributed by atoms with Gasteiger partial charge in [-0.2, -0.15) is 4.31 Å². The summed E-state index contributed by atoms with van der Waals surface area (Å²) in [4.78, 5) is 24.0. The van der Waals surface area contributed by atoms with E-state index in [4.69, 9.17) is 11.6 Å². The summed E-state index contributed by atoms with van der Waals surface area (Å²) in [6, 6.07) is 8.44. The highest BCUT2D eigenvalue weighted by molar-refractivity contribution is 7.88. The first-order valence-electron chi connectivity index (χ1n) is 9.58. The lowest BCUT2D eigenvalue weighted by atomic mass is 10.1. The molecule has 1 aliphatic rings. The molecule has 2 N–H and O–H groups in total. The van der Waals surface area contributed by atoms with E-state index in [0.717, 1.165) is 18.2 Å². The van der Waals surface area contributed by atoms with Crippen LogP contribution in [0.3, 0.4) is 0 Å². The Labute approximate surface area is 179 Å². The van der Waals surface area contributed by atoms with Gasteiger partial charge in [0.25, 0.3) is 5.56 Å². The Kier molecular flexibility index (Phi) is 5.52. The number of pyridine rings is 1. The highest BCUT2D eigenvalue weighted by Crippen LogP contribution is 2.30. The molecule has 0 spiro atoms. The van der Waals surface area contributed by atoms with Crippen molar-refractivity contribution < 1.29 is 8.42 Å². The van der Waals surface area contributed by atoms with Gasteiger partial charge in [-0.25, -0.2) is 18.4 Å². The van der Waals surface area contributed by atoms with E-state index in [0.29, 0.717) is 27.7 Å². The number of nitrogens with one attached hydrogen (secondary N) is 2. The number of halogens is 1. The first kappa shape index (κ1) is 20.8. The zero-order valence-corrected chi connectivity index (χ0v) is 18.2. The maximum atomic E-state index is 12.5. The Morgan fingerprint density at radius 3 is 2.77 bits per heavy atom. The highest BCUT2D eigenvalue weighted by Gasteiger charge is 2.35. The average Bonchev–Trinajstić information content (AvgIpc) is 3.50. The molecule has 10 heteroatoms. The molecule has 1 saturated carbocycles. The van der Waals surface area contributed by atoms with Gasteiger partial charge >= 0.3 is 0 Å². The number of aromatic amines is 1. The first-order valence-corrected chi connectivity index (χ1v) is 11.8. The number of hydrogen-bond donors (Lipinski definition) is 2. The van der Waals surface area contributed by atoms with Crippen LogP contribution >= 0.6 is 11.6 Å². The molecule has 0 radical (unpaired) electrons. The fourth-order valence-electron chi connectivity index (χ4n) is 3.38. The maximum Gasteiger partial charge on any atom is 0.253 e. The molecule has 0 aliphatic heterocycles. The highest BCUT2D eigenvalue weighted by atomic mass is 35.5. The number of anilines is 1. The van der Waals surface area contributed by atoms with Crippen molar-refractivity contribution in [1.82, 2.24) is 19.3 Å². The minimum atomic E-state index is -3.31. The smallest absolute Gasteiger partial charge is 0.253 e. The summed E-state index contributed by atoms with van der Waals surface area (Å²) in [6.07, 6.45) is 4.53. The SMILES string of the molecule is C[C@H](Nc1nccc(CN(C2CC2)S(C)(=O)=O)n1)c1cc2cc(Cl)ccc2[nH]c1=O. The van der Waals surface area contributed by atoms with Gasteiger partial charge in [-0.3, -0.25) is 4.79 Å². The van der Waals surface area contributed by atoms with Crippen molar-refractivity contribution in [2.75, 3.05) is 11.6 Å². The molecule has 1 aromatic carbocycles. The van der Waals surface area contributed by atoms with E-state index < -0.39 is 10.0 Å². The second-order valence-corrected chi connectivity index (χ2v) is 9.93. The van der Waals surface area contributed by atoms with Gasteiger partial charge in [0.05, 0.1) is 24.5 Å². The van der Waals surface area contributed by atoms with E-state index in [1.807, 2.05) is 6.92 Å². The fourth-order valence-corrected chi connectivity index (χ4v) is 4.68. The topological polar surface area (TPSA) is 108 Å². The van der Waals surface area contributed by atoms with Crippen molar-refractivity contribution in [2.24, 2.45) is 0 Å². The molecule has 4 rings (SSSR count). The predicted molar refractivity (Wildman–Crippen MR) is 117 cm³/mol. The van der Waals surface area contributed by atoms with Gasteiger partial charge in [0.2, 0.25) is 16.0 Å². The zero-order chi connectivity index (χ0) is 21.5. The number of hydrogen-bond acceptors (Lipinski definition) is 6. The van der Waals surface area contributed by atoms with Crippen LogP contribution in [0, 0.1) is 0 Å². The molecule has 158 valence electrons. The van der Waals surface area contributed by atoms with E-state index in [1.54, 1.807) is 36.5 Å². The second-order valence-electron chi connectivity index (χ2n) is 7.56. The molecule has 1 fully saturated rings. The molecule has 8 nitrogen and oxygen atoms in total. The summed E-state index contributed by atoms with van der Waals surface area (Å²) in [5.41, 5.74) is 1.61. The lowest BCUT2D eigenvalue weighted by Gasteiger charge is -2.19. The molecule has 1 atom stereocenters. The van der Waals surface area contributed by atoms with Crippen molar-refractivity contribution >= 4 is 38.5 Å². The number of aromatic nitrogens is 3. The van der Waals surface area contributed by atoms with Crippen LogP contribution in [0.4, 0.5) is 5.95 Å². The van der Waals surface area contributed by atoms with E-state index in [1.165, 1.54) is 10.6 Å². The third kappa shape index (κ3) is 4.63. The lowest BCUT2D eigenvalue weighted by molar-refractivity contribution is 0.398. The molecule has 30 heavy (non-hydrogen) atoms. The van der Waals surface area contributed by atoms with Crippen LogP contribution in [0.25, 0.3) is 10.9 Å². The van der Waals surface area contributed by atoms with Gasteiger partial charge < -0.3 is 10.3 Å². The van der Waals surface area contributed by atoms with Crippen molar-refractivity contribution in [3.63, 3.8) is 0 Å².